The van der Waals surface area contributed by atoms with Gasteiger partial charge in [0.2, 0.25) is 0 Å². The molecule has 2 nitrogen and oxygen atoms in total. The Morgan fingerprint density at radius 2 is 2.00 bits per heavy atom. The molecule has 1 unspecified atom stereocenters. The van der Waals surface area contributed by atoms with Crippen LogP contribution in [-0.2, 0) is 0 Å². The number of likely N-dealkylation sites (N-methyl/N-ethyl adjacent to an activating group) is 1. The van der Waals surface area contributed by atoms with Crippen LogP contribution in [0.2, 0.25) is 0 Å². The lowest BCUT2D eigenvalue weighted by Gasteiger charge is -2.42. The van der Waals surface area contributed by atoms with Crippen molar-refractivity contribution in [2.24, 2.45) is 11.7 Å². The molecule has 0 aromatic heterocycles. The Kier molecular flexibility index (Phi) is 4.39. The summed E-state index contributed by atoms with van der Waals surface area (Å²) < 4.78 is 0. The molecule has 0 aromatic carbocycles. The molecule has 0 radical (unpaired) electrons. The molecule has 1 aliphatic rings. The van der Waals surface area contributed by atoms with E-state index in [1.807, 2.05) is 0 Å². The number of rotatable bonds is 6. The Morgan fingerprint density at radius 1 is 1.36 bits per heavy atom. The Hall–Kier alpha value is -0.0800. The zero-order valence-electron chi connectivity index (χ0n) is 10.1. The minimum atomic E-state index is 0.156. The molecule has 0 heterocycles. The summed E-state index contributed by atoms with van der Waals surface area (Å²) in [6.45, 7) is 10.3. The molecule has 0 saturated heterocycles. The molecular formula is C12H26N2. The third kappa shape index (κ3) is 3.25. The maximum absolute atomic E-state index is 6.25. The average Bonchev–Trinajstić information content (AvgIpc) is 2.14. The highest BCUT2D eigenvalue weighted by Crippen LogP contribution is 2.30. The van der Waals surface area contributed by atoms with Gasteiger partial charge in [0.1, 0.15) is 0 Å². The van der Waals surface area contributed by atoms with E-state index in [0.29, 0.717) is 0 Å². The maximum Gasteiger partial charge on any atom is 0.0283 e. The van der Waals surface area contributed by atoms with Gasteiger partial charge in [-0.3, -0.25) is 0 Å². The van der Waals surface area contributed by atoms with Gasteiger partial charge < -0.3 is 10.6 Å². The Bertz CT molecular complexity index is 164. The highest BCUT2D eigenvalue weighted by atomic mass is 15.1. The van der Waals surface area contributed by atoms with E-state index < -0.39 is 0 Å². The number of hydrogen-bond donors (Lipinski definition) is 1. The number of nitrogens with zero attached hydrogens (tertiary/aromatic N) is 1. The van der Waals surface area contributed by atoms with Crippen molar-refractivity contribution in [2.75, 3.05) is 19.6 Å². The van der Waals surface area contributed by atoms with Gasteiger partial charge in [0.15, 0.2) is 0 Å². The lowest BCUT2D eigenvalue weighted by Crippen LogP contribution is -2.55. The standard InChI is InChI=1S/C12H26N2/c1-4-11(3)9-14(5-2)10-12(13)7-6-8-12/h11H,4-10,13H2,1-3H3. The van der Waals surface area contributed by atoms with Gasteiger partial charge in [0.25, 0.3) is 0 Å². The second kappa shape index (κ2) is 5.13. The van der Waals surface area contributed by atoms with Crippen molar-refractivity contribution in [2.45, 2.75) is 52.0 Å². The fourth-order valence-electron chi connectivity index (χ4n) is 2.11. The number of hydrogen-bond acceptors (Lipinski definition) is 2. The molecule has 1 atom stereocenters. The molecule has 0 aliphatic heterocycles. The first kappa shape index (κ1) is 12.0. The summed E-state index contributed by atoms with van der Waals surface area (Å²) >= 11 is 0. The van der Waals surface area contributed by atoms with Crippen LogP contribution >= 0.6 is 0 Å². The summed E-state index contributed by atoms with van der Waals surface area (Å²) in [7, 11) is 0. The molecule has 1 aliphatic carbocycles. The summed E-state index contributed by atoms with van der Waals surface area (Å²) in [5.74, 6) is 0.804. The monoisotopic (exact) mass is 198 g/mol. The number of nitrogens with two attached hydrogens (primary N) is 1. The molecule has 0 amide bonds. The van der Waals surface area contributed by atoms with Crippen molar-refractivity contribution in [1.82, 2.24) is 4.90 Å². The van der Waals surface area contributed by atoms with Crippen LogP contribution in [0.4, 0.5) is 0 Å². The third-order valence-electron chi connectivity index (χ3n) is 3.60. The van der Waals surface area contributed by atoms with E-state index in [1.165, 1.54) is 32.2 Å². The summed E-state index contributed by atoms with van der Waals surface area (Å²) in [5.41, 5.74) is 6.41. The second-order valence-corrected chi connectivity index (χ2v) is 5.06. The Balaban J connectivity index is 2.30. The van der Waals surface area contributed by atoms with Crippen LogP contribution in [0.1, 0.15) is 46.5 Å². The molecule has 1 rings (SSSR count). The fraction of sp³-hybridized carbons (Fsp3) is 1.00. The molecule has 0 spiro atoms. The van der Waals surface area contributed by atoms with Crippen LogP contribution in [-0.4, -0.2) is 30.1 Å². The predicted molar refractivity (Wildman–Crippen MR) is 62.3 cm³/mol. The van der Waals surface area contributed by atoms with E-state index in [9.17, 15) is 0 Å². The Labute approximate surface area is 88.8 Å². The third-order valence-corrected chi connectivity index (χ3v) is 3.60. The van der Waals surface area contributed by atoms with E-state index in [2.05, 4.69) is 25.7 Å². The average molecular weight is 198 g/mol. The van der Waals surface area contributed by atoms with Gasteiger partial charge in [-0.25, -0.2) is 0 Å². The lowest BCUT2D eigenvalue weighted by atomic mass is 9.77. The molecule has 0 bridgehead atoms. The first-order valence-electron chi connectivity index (χ1n) is 6.11. The predicted octanol–water partition coefficient (Wildman–Crippen LogP) is 2.24. The van der Waals surface area contributed by atoms with Crippen LogP contribution < -0.4 is 5.73 Å². The molecule has 14 heavy (non-hydrogen) atoms. The molecule has 1 fully saturated rings. The highest BCUT2D eigenvalue weighted by Gasteiger charge is 2.33. The summed E-state index contributed by atoms with van der Waals surface area (Å²) in [4.78, 5) is 2.52. The first-order valence-corrected chi connectivity index (χ1v) is 6.11. The van der Waals surface area contributed by atoms with E-state index in [1.54, 1.807) is 0 Å². The van der Waals surface area contributed by atoms with Crippen LogP contribution in [0, 0.1) is 5.92 Å². The minimum absolute atomic E-state index is 0.156. The molecule has 84 valence electrons. The first-order chi connectivity index (χ1) is 6.59. The van der Waals surface area contributed by atoms with Gasteiger partial charge in [0.05, 0.1) is 0 Å². The largest absolute Gasteiger partial charge is 0.324 e. The van der Waals surface area contributed by atoms with E-state index in [4.69, 9.17) is 5.73 Å². The van der Waals surface area contributed by atoms with E-state index in [-0.39, 0.29) is 5.54 Å². The zero-order chi connectivity index (χ0) is 10.6. The van der Waals surface area contributed by atoms with Gasteiger partial charge in [-0.2, -0.15) is 0 Å². The van der Waals surface area contributed by atoms with Crippen LogP contribution in [0.15, 0.2) is 0 Å². The van der Waals surface area contributed by atoms with Gasteiger partial charge in [-0.15, -0.1) is 0 Å². The van der Waals surface area contributed by atoms with Crippen molar-refractivity contribution in [3.05, 3.63) is 0 Å². The van der Waals surface area contributed by atoms with Crippen LogP contribution in [0.5, 0.6) is 0 Å². The van der Waals surface area contributed by atoms with Gasteiger partial charge >= 0.3 is 0 Å². The molecule has 2 heteroatoms. The normalized spacial score (nSPS) is 22.1. The second-order valence-electron chi connectivity index (χ2n) is 5.06. The van der Waals surface area contributed by atoms with Crippen molar-refractivity contribution >= 4 is 0 Å². The van der Waals surface area contributed by atoms with Gasteiger partial charge in [-0.1, -0.05) is 27.2 Å². The van der Waals surface area contributed by atoms with Crippen LogP contribution in [0.3, 0.4) is 0 Å². The topological polar surface area (TPSA) is 29.3 Å². The quantitative estimate of drug-likeness (QED) is 0.709. The smallest absolute Gasteiger partial charge is 0.0283 e. The molecule has 2 N–H and O–H groups in total. The summed E-state index contributed by atoms with van der Waals surface area (Å²) in [6.07, 6.45) is 5.06. The van der Waals surface area contributed by atoms with Crippen molar-refractivity contribution < 1.29 is 0 Å². The Morgan fingerprint density at radius 3 is 2.36 bits per heavy atom. The lowest BCUT2D eigenvalue weighted by molar-refractivity contribution is 0.136. The zero-order valence-corrected chi connectivity index (χ0v) is 10.1. The summed E-state index contributed by atoms with van der Waals surface area (Å²) in [5, 5.41) is 0. The minimum Gasteiger partial charge on any atom is -0.324 e. The molecule has 0 aromatic rings. The van der Waals surface area contributed by atoms with Crippen molar-refractivity contribution in [1.29, 1.82) is 0 Å². The van der Waals surface area contributed by atoms with E-state index >= 15 is 0 Å². The van der Waals surface area contributed by atoms with Gasteiger partial charge in [0, 0.05) is 18.6 Å². The molecule has 1 saturated carbocycles. The molecular weight excluding hydrogens is 172 g/mol. The van der Waals surface area contributed by atoms with Crippen molar-refractivity contribution in [3.63, 3.8) is 0 Å². The SMILES string of the molecule is CCC(C)CN(CC)CC1(N)CCC1. The summed E-state index contributed by atoms with van der Waals surface area (Å²) in [6, 6.07) is 0. The van der Waals surface area contributed by atoms with E-state index in [0.717, 1.165) is 19.0 Å². The van der Waals surface area contributed by atoms with Gasteiger partial charge in [-0.05, 0) is 31.7 Å². The fourth-order valence-corrected chi connectivity index (χ4v) is 2.11. The maximum atomic E-state index is 6.25. The highest BCUT2D eigenvalue weighted by molar-refractivity contribution is 4.95. The van der Waals surface area contributed by atoms with Crippen LogP contribution in [0.25, 0.3) is 0 Å². The van der Waals surface area contributed by atoms with Crippen molar-refractivity contribution in [3.8, 4) is 0 Å².